The summed E-state index contributed by atoms with van der Waals surface area (Å²) in [7, 11) is -3.76. The van der Waals surface area contributed by atoms with Gasteiger partial charge in [0.15, 0.2) is 15.7 Å². The number of hydrogen-bond acceptors (Lipinski definition) is 7. The lowest BCUT2D eigenvalue weighted by Crippen LogP contribution is -2.57. The summed E-state index contributed by atoms with van der Waals surface area (Å²) in [4.78, 5) is 31.6. The van der Waals surface area contributed by atoms with Gasteiger partial charge in [0, 0.05) is 37.2 Å². The van der Waals surface area contributed by atoms with Crippen LogP contribution in [0.15, 0.2) is 30.5 Å². The first-order valence-electron chi connectivity index (χ1n) is 11.4. The highest BCUT2D eigenvalue weighted by molar-refractivity contribution is 7.94. The third-order valence-electron chi connectivity index (χ3n) is 7.16. The fourth-order valence-electron chi connectivity index (χ4n) is 4.43. The van der Waals surface area contributed by atoms with Crippen molar-refractivity contribution in [3.63, 3.8) is 0 Å². The fourth-order valence-corrected chi connectivity index (χ4v) is 7.11. The monoisotopic (exact) mass is 523 g/mol. The molecule has 1 aromatic heterocycles. The molecule has 35 heavy (non-hydrogen) atoms. The third-order valence-corrected chi connectivity index (χ3v) is 10.8. The van der Waals surface area contributed by atoms with Gasteiger partial charge in [0.25, 0.3) is 11.8 Å². The van der Waals surface area contributed by atoms with Gasteiger partial charge in [-0.25, -0.2) is 13.4 Å². The number of rotatable bonds is 9. The number of sulfone groups is 1. The number of nitrogens with one attached hydrogen (secondary N) is 1. The smallest absolute Gasteiger partial charge is 0.287 e. The van der Waals surface area contributed by atoms with Gasteiger partial charge in [0.05, 0.1) is 22.3 Å². The Bertz CT molecular complexity index is 1240. The van der Waals surface area contributed by atoms with Crippen LogP contribution in [0.25, 0.3) is 0 Å². The lowest BCUT2D eigenvalue weighted by atomic mass is 10.1. The summed E-state index contributed by atoms with van der Waals surface area (Å²) >= 11 is 5.89. The number of aliphatic hydroxyl groups excluding tert-OH is 1. The van der Waals surface area contributed by atoms with E-state index in [0.717, 1.165) is 5.56 Å². The van der Waals surface area contributed by atoms with E-state index in [9.17, 15) is 23.1 Å². The summed E-state index contributed by atoms with van der Waals surface area (Å²) in [6, 6.07) is 6.15. The standard InChI is InChI=1S/C23H30ClN5O5S/c1-22(2,18(25)13-30)35(33,34)23(7-8-23)14-28-9-10-29-17(21(28)32)12-26-19(29)20(31)27-11-15-3-5-16(24)6-4-15/h3-6,12,18,30H,7-11,13-14,25H2,1-2H3,(H,27,31)/t18-/m0/s1. The Morgan fingerprint density at radius 1 is 1.29 bits per heavy atom. The maximum atomic E-state index is 13.5. The zero-order valence-corrected chi connectivity index (χ0v) is 21.3. The van der Waals surface area contributed by atoms with Crippen LogP contribution in [0.1, 0.15) is 53.4 Å². The predicted octanol–water partition coefficient (Wildman–Crippen LogP) is 0.968. The second kappa shape index (κ2) is 9.20. The summed E-state index contributed by atoms with van der Waals surface area (Å²) in [5.74, 6) is -0.648. The normalized spacial score (nSPS) is 18.2. The molecule has 4 N–H and O–H groups in total. The SMILES string of the molecule is CC(C)([C@@H](N)CO)S(=O)(=O)C1(CN2CCn3c(cnc3C(=O)NCc3ccc(Cl)cc3)C2=O)CC1. The number of amides is 2. The van der Waals surface area contributed by atoms with Crippen LogP contribution in [0.5, 0.6) is 0 Å². The van der Waals surface area contributed by atoms with E-state index in [1.165, 1.54) is 24.9 Å². The average molecular weight is 524 g/mol. The van der Waals surface area contributed by atoms with Crippen molar-refractivity contribution >= 4 is 33.3 Å². The first-order chi connectivity index (χ1) is 16.4. The molecule has 1 atom stereocenters. The topological polar surface area (TPSA) is 148 Å². The Hall–Kier alpha value is -2.47. The fraction of sp³-hybridized carbons (Fsp3) is 0.522. The van der Waals surface area contributed by atoms with Crippen molar-refractivity contribution in [2.45, 2.75) is 55.3 Å². The molecule has 1 aromatic carbocycles. The maximum absolute atomic E-state index is 13.5. The van der Waals surface area contributed by atoms with Crippen LogP contribution in [0.2, 0.25) is 5.02 Å². The Morgan fingerprint density at radius 3 is 2.54 bits per heavy atom. The molecule has 1 aliphatic heterocycles. The number of carbonyl (C=O) groups is 2. The molecule has 1 fully saturated rings. The summed E-state index contributed by atoms with van der Waals surface area (Å²) in [5, 5.41) is 12.9. The van der Waals surface area contributed by atoms with E-state index in [1.54, 1.807) is 16.7 Å². The molecule has 2 aliphatic rings. The number of benzene rings is 1. The average Bonchev–Trinajstić information content (AvgIpc) is 3.50. The quantitative estimate of drug-likeness (QED) is 0.443. The molecule has 4 rings (SSSR count). The number of nitrogens with zero attached hydrogens (tertiary/aromatic N) is 3. The van der Waals surface area contributed by atoms with Crippen molar-refractivity contribution in [1.29, 1.82) is 0 Å². The van der Waals surface area contributed by atoms with Gasteiger partial charge in [-0.05, 0) is 44.4 Å². The molecule has 0 spiro atoms. The van der Waals surface area contributed by atoms with Gasteiger partial charge in [-0.1, -0.05) is 23.7 Å². The molecule has 12 heteroatoms. The Kier molecular flexibility index (Phi) is 6.73. The summed E-state index contributed by atoms with van der Waals surface area (Å²) in [6.45, 7) is 3.48. The van der Waals surface area contributed by atoms with Gasteiger partial charge in [-0.3, -0.25) is 9.59 Å². The van der Waals surface area contributed by atoms with E-state index in [-0.39, 0.29) is 37.1 Å². The highest BCUT2D eigenvalue weighted by Gasteiger charge is 2.62. The zero-order valence-electron chi connectivity index (χ0n) is 19.7. The van der Waals surface area contributed by atoms with E-state index < -0.39 is 37.9 Å². The van der Waals surface area contributed by atoms with E-state index in [4.69, 9.17) is 17.3 Å². The second-order valence-electron chi connectivity index (χ2n) is 9.73. The van der Waals surface area contributed by atoms with Crippen LogP contribution < -0.4 is 11.1 Å². The number of imidazole rings is 1. The van der Waals surface area contributed by atoms with Crippen LogP contribution in [-0.4, -0.2) is 75.0 Å². The van der Waals surface area contributed by atoms with Crippen molar-refractivity contribution in [3.05, 3.63) is 52.6 Å². The maximum Gasteiger partial charge on any atom is 0.287 e. The summed E-state index contributed by atoms with van der Waals surface area (Å²) in [6.07, 6.45) is 2.21. The van der Waals surface area contributed by atoms with Gasteiger partial charge in [0.1, 0.15) is 5.69 Å². The number of carbonyl (C=O) groups excluding carboxylic acids is 2. The molecule has 2 amide bonds. The lowest BCUT2D eigenvalue weighted by molar-refractivity contribution is 0.0697. The van der Waals surface area contributed by atoms with Gasteiger partial charge in [-0.2, -0.15) is 0 Å². The molecule has 0 bridgehead atoms. The van der Waals surface area contributed by atoms with Crippen LogP contribution in [-0.2, 0) is 22.9 Å². The molecule has 1 saturated carbocycles. The Balaban J connectivity index is 1.47. The molecular formula is C23H30ClN5O5S. The van der Waals surface area contributed by atoms with Crippen molar-refractivity contribution in [2.24, 2.45) is 5.73 Å². The molecule has 2 heterocycles. The second-order valence-corrected chi connectivity index (χ2v) is 13.1. The van der Waals surface area contributed by atoms with Gasteiger partial charge >= 0.3 is 0 Å². The van der Waals surface area contributed by atoms with E-state index >= 15 is 0 Å². The molecule has 0 saturated heterocycles. The van der Waals surface area contributed by atoms with Gasteiger partial charge in [-0.15, -0.1) is 0 Å². The highest BCUT2D eigenvalue weighted by Crippen LogP contribution is 2.49. The van der Waals surface area contributed by atoms with Crippen molar-refractivity contribution in [3.8, 4) is 0 Å². The third kappa shape index (κ3) is 4.46. The summed E-state index contributed by atoms with van der Waals surface area (Å²) < 4.78 is 26.1. The first-order valence-corrected chi connectivity index (χ1v) is 13.3. The van der Waals surface area contributed by atoms with Gasteiger partial charge in [0.2, 0.25) is 0 Å². The number of hydrogen-bond donors (Lipinski definition) is 3. The lowest BCUT2D eigenvalue weighted by Gasteiger charge is -2.37. The number of fused-ring (bicyclic) bond motifs is 1. The number of halogens is 1. The van der Waals surface area contributed by atoms with E-state index in [1.807, 2.05) is 12.1 Å². The molecule has 0 radical (unpaired) electrons. The number of aromatic nitrogens is 2. The Labute approximate surface area is 209 Å². The molecule has 0 unspecified atom stereocenters. The zero-order chi connectivity index (χ0) is 25.6. The minimum Gasteiger partial charge on any atom is -0.395 e. The van der Waals surface area contributed by atoms with E-state index in [2.05, 4.69) is 10.3 Å². The van der Waals surface area contributed by atoms with Crippen LogP contribution in [0, 0.1) is 0 Å². The molecule has 1 aliphatic carbocycles. The van der Waals surface area contributed by atoms with Crippen LogP contribution >= 0.6 is 11.6 Å². The van der Waals surface area contributed by atoms with Crippen molar-refractivity contribution in [2.75, 3.05) is 19.7 Å². The Morgan fingerprint density at radius 2 is 1.94 bits per heavy atom. The van der Waals surface area contributed by atoms with Crippen molar-refractivity contribution in [1.82, 2.24) is 19.8 Å². The summed E-state index contributed by atoms with van der Waals surface area (Å²) in [5.41, 5.74) is 7.03. The molecule has 190 valence electrons. The first kappa shape index (κ1) is 25.6. The van der Waals surface area contributed by atoms with Crippen LogP contribution in [0.3, 0.4) is 0 Å². The minimum atomic E-state index is -3.76. The number of nitrogens with two attached hydrogens (primary N) is 1. The molecule has 10 nitrogen and oxygen atoms in total. The molecular weight excluding hydrogens is 494 g/mol. The van der Waals surface area contributed by atoms with Crippen molar-refractivity contribution < 1.29 is 23.1 Å². The number of aliphatic hydroxyl groups is 1. The van der Waals surface area contributed by atoms with Crippen LogP contribution in [0.4, 0.5) is 0 Å². The highest BCUT2D eigenvalue weighted by atomic mass is 35.5. The predicted molar refractivity (Wildman–Crippen MR) is 131 cm³/mol. The largest absolute Gasteiger partial charge is 0.395 e. The minimum absolute atomic E-state index is 0.0407. The van der Waals surface area contributed by atoms with Gasteiger partial charge < -0.3 is 25.6 Å². The van der Waals surface area contributed by atoms with E-state index in [0.29, 0.717) is 24.4 Å². The molecule has 2 aromatic rings.